The van der Waals surface area contributed by atoms with Gasteiger partial charge in [0.25, 0.3) is 11.8 Å². The lowest BCUT2D eigenvalue weighted by atomic mass is 9.97. The molecule has 0 radical (unpaired) electrons. The van der Waals surface area contributed by atoms with E-state index in [4.69, 9.17) is 0 Å². The fourth-order valence-corrected chi connectivity index (χ4v) is 3.55. The fraction of sp³-hybridized carbons (Fsp3) is 0.174. The molecule has 4 rings (SSSR count). The SMILES string of the molecule is Cc1cc(CC(=O)Nc2ccc(-c3cccc(C)n3)cn2)c2c(c1)C(=O)N(C)C2=O. The van der Waals surface area contributed by atoms with Gasteiger partial charge in [0.2, 0.25) is 5.91 Å². The third-order valence-electron chi connectivity index (χ3n) is 4.98. The van der Waals surface area contributed by atoms with Crippen LogP contribution >= 0.6 is 0 Å². The lowest BCUT2D eigenvalue weighted by Crippen LogP contribution is -2.24. The molecular formula is C23H20N4O3. The number of hydrogen-bond donors (Lipinski definition) is 1. The average Bonchev–Trinajstić information content (AvgIpc) is 2.92. The highest BCUT2D eigenvalue weighted by molar-refractivity contribution is 6.22. The summed E-state index contributed by atoms with van der Waals surface area (Å²) in [5.41, 5.74) is 4.57. The Kier molecular flexibility index (Phi) is 4.87. The quantitative estimate of drug-likeness (QED) is 0.679. The molecule has 1 N–H and O–H groups in total. The Bertz CT molecular complexity index is 1190. The van der Waals surface area contributed by atoms with Gasteiger partial charge < -0.3 is 5.32 Å². The maximum absolute atomic E-state index is 12.6. The van der Waals surface area contributed by atoms with Crippen molar-refractivity contribution in [3.63, 3.8) is 0 Å². The third kappa shape index (κ3) is 3.57. The summed E-state index contributed by atoms with van der Waals surface area (Å²) in [6.07, 6.45) is 1.62. The molecule has 0 saturated heterocycles. The Hall–Kier alpha value is -3.87. The van der Waals surface area contributed by atoms with Crippen molar-refractivity contribution in [1.29, 1.82) is 0 Å². The van der Waals surface area contributed by atoms with Crippen LogP contribution in [0.2, 0.25) is 0 Å². The number of aryl methyl sites for hydroxylation is 2. The van der Waals surface area contributed by atoms with Gasteiger partial charge in [0.05, 0.1) is 23.2 Å². The standard InChI is InChI=1S/C23H20N4O3/c1-13-9-16(21-17(10-13)22(29)27(3)23(21)30)11-20(28)26-19-8-7-15(12-24-19)18-6-4-5-14(2)25-18/h4-10,12H,11H2,1-3H3,(H,24,26,28). The number of carbonyl (C=O) groups excluding carboxylic acids is 3. The van der Waals surface area contributed by atoms with Gasteiger partial charge in [-0.25, -0.2) is 4.98 Å². The summed E-state index contributed by atoms with van der Waals surface area (Å²) < 4.78 is 0. The lowest BCUT2D eigenvalue weighted by molar-refractivity contribution is -0.115. The molecule has 0 atom stereocenters. The van der Waals surface area contributed by atoms with Crippen LogP contribution in [-0.4, -0.2) is 39.6 Å². The van der Waals surface area contributed by atoms with Gasteiger partial charge in [0, 0.05) is 24.5 Å². The number of aromatic nitrogens is 2. The van der Waals surface area contributed by atoms with Gasteiger partial charge in [0.15, 0.2) is 0 Å². The second-order valence-electron chi connectivity index (χ2n) is 7.34. The Morgan fingerprint density at radius 3 is 2.57 bits per heavy atom. The second-order valence-corrected chi connectivity index (χ2v) is 7.34. The van der Waals surface area contributed by atoms with Crippen LogP contribution in [0.5, 0.6) is 0 Å². The molecule has 3 aromatic rings. The number of amides is 3. The Morgan fingerprint density at radius 1 is 1.07 bits per heavy atom. The highest BCUT2D eigenvalue weighted by Gasteiger charge is 2.35. The van der Waals surface area contributed by atoms with E-state index in [1.54, 1.807) is 24.4 Å². The number of pyridine rings is 2. The van der Waals surface area contributed by atoms with Crippen molar-refractivity contribution >= 4 is 23.5 Å². The average molecular weight is 400 g/mol. The van der Waals surface area contributed by atoms with E-state index in [0.29, 0.717) is 22.5 Å². The van der Waals surface area contributed by atoms with E-state index >= 15 is 0 Å². The number of anilines is 1. The molecule has 7 heteroatoms. The fourth-order valence-electron chi connectivity index (χ4n) is 3.55. The number of rotatable bonds is 4. The summed E-state index contributed by atoms with van der Waals surface area (Å²) in [5.74, 6) is -0.639. The zero-order chi connectivity index (χ0) is 21.4. The number of imide groups is 1. The summed E-state index contributed by atoms with van der Waals surface area (Å²) >= 11 is 0. The largest absolute Gasteiger partial charge is 0.310 e. The van der Waals surface area contributed by atoms with Gasteiger partial charge in [-0.15, -0.1) is 0 Å². The number of nitrogens with zero attached hydrogens (tertiary/aromatic N) is 3. The topological polar surface area (TPSA) is 92.3 Å². The van der Waals surface area contributed by atoms with Crippen molar-refractivity contribution in [2.75, 3.05) is 12.4 Å². The minimum absolute atomic E-state index is 0.0280. The predicted octanol–water partition coefficient (Wildman–Crippen LogP) is 3.17. The van der Waals surface area contributed by atoms with E-state index in [1.165, 1.54) is 7.05 Å². The highest BCUT2D eigenvalue weighted by atomic mass is 16.2. The van der Waals surface area contributed by atoms with Crippen LogP contribution < -0.4 is 5.32 Å². The summed E-state index contributed by atoms with van der Waals surface area (Å²) in [6, 6.07) is 12.7. The molecule has 7 nitrogen and oxygen atoms in total. The van der Waals surface area contributed by atoms with Gasteiger partial charge >= 0.3 is 0 Å². The first-order valence-electron chi connectivity index (χ1n) is 9.49. The molecule has 0 spiro atoms. The zero-order valence-corrected chi connectivity index (χ0v) is 16.9. The smallest absolute Gasteiger partial charge is 0.261 e. The summed E-state index contributed by atoms with van der Waals surface area (Å²) in [7, 11) is 1.44. The first kappa shape index (κ1) is 19.4. The maximum Gasteiger partial charge on any atom is 0.261 e. The Morgan fingerprint density at radius 2 is 1.87 bits per heavy atom. The van der Waals surface area contributed by atoms with Crippen LogP contribution in [0.3, 0.4) is 0 Å². The molecule has 1 aromatic carbocycles. The maximum atomic E-state index is 12.6. The zero-order valence-electron chi connectivity index (χ0n) is 16.9. The minimum Gasteiger partial charge on any atom is -0.310 e. The van der Waals surface area contributed by atoms with Crippen molar-refractivity contribution in [2.45, 2.75) is 20.3 Å². The van der Waals surface area contributed by atoms with Crippen LogP contribution in [-0.2, 0) is 11.2 Å². The van der Waals surface area contributed by atoms with Gasteiger partial charge in [-0.1, -0.05) is 12.1 Å². The molecular weight excluding hydrogens is 380 g/mol. The molecule has 0 fully saturated rings. The molecule has 1 aliphatic heterocycles. The second kappa shape index (κ2) is 7.51. The van der Waals surface area contributed by atoms with Gasteiger partial charge in [-0.05, 0) is 55.3 Å². The summed E-state index contributed by atoms with van der Waals surface area (Å²) in [6.45, 7) is 3.75. The monoisotopic (exact) mass is 400 g/mol. The van der Waals surface area contributed by atoms with Crippen molar-refractivity contribution in [3.8, 4) is 11.3 Å². The number of benzene rings is 1. The van der Waals surface area contributed by atoms with Crippen LogP contribution in [0.1, 0.15) is 37.5 Å². The molecule has 0 saturated carbocycles. The van der Waals surface area contributed by atoms with E-state index in [0.717, 1.165) is 27.4 Å². The number of hydrogen-bond acceptors (Lipinski definition) is 5. The number of carbonyl (C=O) groups is 3. The van der Waals surface area contributed by atoms with Crippen LogP contribution in [0.4, 0.5) is 5.82 Å². The molecule has 1 aliphatic rings. The van der Waals surface area contributed by atoms with Crippen molar-refractivity contribution in [1.82, 2.24) is 14.9 Å². The van der Waals surface area contributed by atoms with Crippen LogP contribution in [0, 0.1) is 13.8 Å². The first-order valence-corrected chi connectivity index (χ1v) is 9.49. The van der Waals surface area contributed by atoms with Crippen LogP contribution in [0.15, 0.2) is 48.7 Å². The molecule has 0 bridgehead atoms. The molecule has 0 aliphatic carbocycles. The molecule has 30 heavy (non-hydrogen) atoms. The van der Waals surface area contributed by atoms with E-state index in [9.17, 15) is 14.4 Å². The molecule has 3 heterocycles. The summed E-state index contributed by atoms with van der Waals surface area (Å²) in [4.78, 5) is 47.1. The van der Waals surface area contributed by atoms with Gasteiger partial charge in [-0.3, -0.25) is 24.3 Å². The molecule has 150 valence electrons. The van der Waals surface area contributed by atoms with Gasteiger partial charge in [-0.2, -0.15) is 0 Å². The number of nitrogens with one attached hydrogen (secondary N) is 1. The normalized spacial score (nSPS) is 12.8. The summed E-state index contributed by atoms with van der Waals surface area (Å²) in [5, 5.41) is 2.75. The van der Waals surface area contributed by atoms with Crippen molar-refractivity contribution in [2.24, 2.45) is 0 Å². The van der Waals surface area contributed by atoms with Crippen molar-refractivity contribution in [3.05, 3.63) is 76.6 Å². The Labute approximate surface area is 173 Å². The Balaban J connectivity index is 1.52. The predicted molar refractivity (Wildman–Crippen MR) is 112 cm³/mol. The molecule has 0 unspecified atom stereocenters. The minimum atomic E-state index is -0.383. The lowest BCUT2D eigenvalue weighted by Gasteiger charge is -2.09. The first-order chi connectivity index (χ1) is 14.3. The number of fused-ring (bicyclic) bond motifs is 1. The van der Waals surface area contributed by atoms with Gasteiger partial charge in [0.1, 0.15) is 5.82 Å². The van der Waals surface area contributed by atoms with E-state index in [-0.39, 0.29) is 24.1 Å². The van der Waals surface area contributed by atoms with E-state index in [2.05, 4.69) is 15.3 Å². The third-order valence-corrected chi connectivity index (χ3v) is 4.98. The molecule has 2 aromatic heterocycles. The molecule has 3 amide bonds. The highest BCUT2D eigenvalue weighted by Crippen LogP contribution is 2.27. The van der Waals surface area contributed by atoms with Crippen LogP contribution in [0.25, 0.3) is 11.3 Å². The van der Waals surface area contributed by atoms with E-state index < -0.39 is 0 Å². The van der Waals surface area contributed by atoms with Crippen molar-refractivity contribution < 1.29 is 14.4 Å². The van der Waals surface area contributed by atoms with E-state index in [1.807, 2.05) is 38.1 Å².